The van der Waals surface area contributed by atoms with Gasteiger partial charge in [-0.3, -0.25) is 4.79 Å². The van der Waals surface area contributed by atoms with Crippen molar-refractivity contribution in [1.82, 2.24) is 9.80 Å². The summed E-state index contributed by atoms with van der Waals surface area (Å²) in [6.07, 6.45) is -0.404. The third-order valence-electron chi connectivity index (χ3n) is 6.58. The van der Waals surface area contributed by atoms with Crippen molar-refractivity contribution < 1.29 is 28.9 Å². The minimum atomic E-state index is -0.404. The van der Waals surface area contributed by atoms with Crippen LogP contribution in [0.15, 0.2) is 36.4 Å². The van der Waals surface area contributed by atoms with E-state index < -0.39 is 6.10 Å². The normalized spacial score (nSPS) is 19.5. The molecule has 10 nitrogen and oxygen atoms in total. The second-order valence-electron chi connectivity index (χ2n) is 9.55. The van der Waals surface area contributed by atoms with Crippen LogP contribution in [0.1, 0.15) is 24.2 Å². The largest absolute Gasteiger partial charge is 0.485 e. The number of likely N-dealkylation sites (N-methyl/N-ethyl adjacent to an activating group) is 1. The van der Waals surface area contributed by atoms with E-state index in [1.165, 1.54) is 0 Å². The molecule has 194 valence electrons. The summed E-state index contributed by atoms with van der Waals surface area (Å²) in [5, 5.41) is 12.7. The number of hydrogen-bond donors (Lipinski definition) is 2. The summed E-state index contributed by atoms with van der Waals surface area (Å²) in [6, 6.07) is 10.0. The Bertz CT molecular complexity index is 1120. The molecule has 0 aliphatic carbocycles. The minimum absolute atomic E-state index is 0.118. The van der Waals surface area contributed by atoms with Gasteiger partial charge in [-0.25, -0.2) is 4.79 Å². The molecule has 0 aromatic heterocycles. The number of nitrogens with one attached hydrogen (secondary N) is 1. The van der Waals surface area contributed by atoms with Crippen molar-refractivity contribution in [1.29, 1.82) is 0 Å². The predicted molar refractivity (Wildman–Crippen MR) is 136 cm³/mol. The summed E-state index contributed by atoms with van der Waals surface area (Å²) in [4.78, 5) is 31.6. The van der Waals surface area contributed by atoms with Crippen LogP contribution in [0.3, 0.4) is 0 Å². The number of para-hydroxylation sites is 1. The van der Waals surface area contributed by atoms with Crippen molar-refractivity contribution in [3.63, 3.8) is 0 Å². The molecule has 0 unspecified atom stereocenters. The molecule has 0 saturated heterocycles. The average Bonchev–Trinajstić information content (AvgIpc) is 3.33. The van der Waals surface area contributed by atoms with E-state index in [4.69, 9.17) is 14.2 Å². The first-order valence-electron chi connectivity index (χ1n) is 12.0. The number of ether oxygens (including phenoxy) is 3. The number of aliphatic hydroxyl groups excluding tert-OH is 1. The van der Waals surface area contributed by atoms with E-state index in [-0.39, 0.29) is 43.8 Å². The molecule has 2 N–H and O–H groups in total. The molecule has 0 fully saturated rings. The van der Waals surface area contributed by atoms with Gasteiger partial charge in [-0.05, 0) is 31.2 Å². The number of nitrogens with zero attached hydrogens (tertiary/aromatic N) is 3. The lowest BCUT2D eigenvalue weighted by Crippen LogP contribution is -2.50. The Labute approximate surface area is 211 Å². The van der Waals surface area contributed by atoms with Crippen LogP contribution in [-0.2, 0) is 0 Å². The van der Waals surface area contributed by atoms with Gasteiger partial charge in [-0.15, -0.1) is 0 Å². The fourth-order valence-electron chi connectivity index (χ4n) is 4.34. The number of rotatable bonds is 6. The van der Waals surface area contributed by atoms with Gasteiger partial charge >= 0.3 is 6.03 Å². The van der Waals surface area contributed by atoms with Crippen molar-refractivity contribution in [3.8, 4) is 17.2 Å². The highest BCUT2D eigenvalue weighted by atomic mass is 16.7. The highest BCUT2D eigenvalue weighted by Gasteiger charge is 2.35. The van der Waals surface area contributed by atoms with E-state index in [1.54, 1.807) is 41.1 Å². The quantitative estimate of drug-likeness (QED) is 0.631. The number of hydrogen-bond acceptors (Lipinski definition) is 7. The van der Waals surface area contributed by atoms with Gasteiger partial charge < -0.3 is 39.3 Å². The lowest BCUT2D eigenvalue weighted by atomic mass is 9.99. The number of carbonyl (C=O) groups excluding carboxylic acids is 2. The maximum atomic E-state index is 13.5. The number of fused-ring (bicyclic) bond motifs is 2. The van der Waals surface area contributed by atoms with E-state index in [1.807, 2.05) is 45.0 Å². The van der Waals surface area contributed by atoms with Gasteiger partial charge in [-0.1, -0.05) is 13.0 Å². The molecule has 0 bridgehead atoms. The molecule has 4 rings (SSSR count). The van der Waals surface area contributed by atoms with Crippen molar-refractivity contribution in [2.45, 2.75) is 26.0 Å². The predicted octanol–water partition coefficient (Wildman–Crippen LogP) is 2.87. The Morgan fingerprint density at radius 2 is 1.94 bits per heavy atom. The first-order valence-corrected chi connectivity index (χ1v) is 12.0. The maximum Gasteiger partial charge on any atom is 0.321 e. The topological polar surface area (TPSA) is 104 Å². The first kappa shape index (κ1) is 25.4. The number of benzene rings is 2. The molecule has 0 radical (unpaired) electrons. The number of aliphatic hydroxyl groups is 1. The summed E-state index contributed by atoms with van der Waals surface area (Å²) in [7, 11) is 5.48. The highest BCUT2D eigenvalue weighted by molar-refractivity contribution is 5.99. The average molecular weight is 499 g/mol. The van der Waals surface area contributed by atoms with Crippen molar-refractivity contribution in [2.24, 2.45) is 5.92 Å². The highest BCUT2D eigenvalue weighted by Crippen LogP contribution is 2.36. The Hall–Kier alpha value is -3.66. The number of carbonyl (C=O) groups is 2. The fraction of sp³-hybridized carbons (Fsp3) is 0.462. The van der Waals surface area contributed by atoms with Gasteiger partial charge in [0.25, 0.3) is 5.91 Å². The van der Waals surface area contributed by atoms with Crippen molar-refractivity contribution >= 4 is 23.3 Å². The van der Waals surface area contributed by atoms with E-state index in [9.17, 15) is 14.7 Å². The van der Waals surface area contributed by atoms with Gasteiger partial charge in [0.2, 0.25) is 6.79 Å². The van der Waals surface area contributed by atoms with E-state index in [2.05, 4.69) is 5.32 Å². The molecular weight excluding hydrogens is 464 g/mol. The zero-order valence-corrected chi connectivity index (χ0v) is 21.4. The molecule has 2 aliphatic heterocycles. The molecule has 0 spiro atoms. The van der Waals surface area contributed by atoms with E-state index in [0.717, 1.165) is 5.69 Å². The van der Waals surface area contributed by atoms with E-state index >= 15 is 0 Å². The summed E-state index contributed by atoms with van der Waals surface area (Å²) >= 11 is 0. The first-order chi connectivity index (χ1) is 17.2. The fourth-order valence-corrected chi connectivity index (χ4v) is 4.34. The van der Waals surface area contributed by atoms with Crippen LogP contribution < -0.4 is 24.4 Å². The number of amides is 3. The van der Waals surface area contributed by atoms with Gasteiger partial charge in [0.15, 0.2) is 17.2 Å². The van der Waals surface area contributed by atoms with Gasteiger partial charge in [-0.2, -0.15) is 0 Å². The van der Waals surface area contributed by atoms with E-state index in [0.29, 0.717) is 35.0 Å². The van der Waals surface area contributed by atoms with Gasteiger partial charge in [0, 0.05) is 45.4 Å². The Balaban J connectivity index is 1.58. The summed E-state index contributed by atoms with van der Waals surface area (Å²) in [6.45, 7) is 4.49. The standard InChI is InChI=1S/C26H34N4O6/c1-16-12-30(17(2)14-31)25(32)19-7-6-8-20(28(3)4)24(19)36-23(16)13-29(5)26(33)27-18-9-10-21-22(11-18)35-15-34-21/h6-11,16-17,23,31H,12-15H2,1-5H3,(H,27,33)/t16-,17-,23+/m1/s1. The van der Waals surface area contributed by atoms with Crippen LogP contribution in [0.4, 0.5) is 16.2 Å². The van der Waals surface area contributed by atoms with Crippen molar-refractivity contribution in [3.05, 3.63) is 42.0 Å². The van der Waals surface area contributed by atoms with Crippen LogP contribution in [0.5, 0.6) is 17.2 Å². The Morgan fingerprint density at radius 1 is 1.19 bits per heavy atom. The second-order valence-corrected chi connectivity index (χ2v) is 9.55. The van der Waals surface area contributed by atoms with Crippen LogP contribution in [-0.4, -0.2) is 86.6 Å². The number of urea groups is 1. The molecule has 3 amide bonds. The summed E-state index contributed by atoms with van der Waals surface area (Å²) in [5.41, 5.74) is 1.80. The van der Waals surface area contributed by atoms with Crippen LogP contribution in [0.25, 0.3) is 0 Å². The minimum Gasteiger partial charge on any atom is -0.485 e. The SMILES string of the molecule is C[C@@H]1CN([C@H](C)CO)C(=O)c2cccc(N(C)C)c2O[C@H]1CN(C)C(=O)Nc1ccc2c(c1)OCO2. The van der Waals surface area contributed by atoms with Gasteiger partial charge in [0.05, 0.1) is 30.4 Å². The molecule has 0 saturated carbocycles. The smallest absolute Gasteiger partial charge is 0.321 e. The molecule has 3 atom stereocenters. The third-order valence-corrected chi connectivity index (χ3v) is 6.58. The third kappa shape index (κ3) is 5.13. The molecule has 2 aliphatic rings. The van der Waals surface area contributed by atoms with Crippen molar-refractivity contribution in [2.75, 3.05) is 57.8 Å². The van der Waals surface area contributed by atoms with Crippen LogP contribution in [0.2, 0.25) is 0 Å². The maximum absolute atomic E-state index is 13.5. The molecule has 36 heavy (non-hydrogen) atoms. The molecule has 2 aromatic carbocycles. The zero-order valence-electron chi connectivity index (χ0n) is 21.4. The molecule has 2 aromatic rings. The lowest BCUT2D eigenvalue weighted by molar-refractivity contribution is 0.0372. The number of anilines is 2. The van der Waals surface area contributed by atoms with Crippen LogP contribution in [0, 0.1) is 5.92 Å². The second kappa shape index (κ2) is 10.5. The zero-order chi connectivity index (χ0) is 26.0. The molecule has 2 heterocycles. The summed E-state index contributed by atoms with van der Waals surface area (Å²) in [5.74, 6) is 1.40. The molecule has 10 heteroatoms. The van der Waals surface area contributed by atoms with Gasteiger partial charge in [0.1, 0.15) is 6.10 Å². The van der Waals surface area contributed by atoms with Crippen LogP contribution >= 0.6 is 0 Å². The summed E-state index contributed by atoms with van der Waals surface area (Å²) < 4.78 is 17.2. The monoisotopic (exact) mass is 498 g/mol. The Kier molecular flexibility index (Phi) is 7.44. The lowest BCUT2D eigenvalue weighted by Gasteiger charge is -2.39. The molecular formula is C26H34N4O6. The Morgan fingerprint density at radius 3 is 2.67 bits per heavy atom.